The monoisotopic (exact) mass is 486 g/mol. The van der Waals surface area contributed by atoms with Crippen molar-refractivity contribution in [2.45, 2.75) is 30.5 Å². The molecule has 1 atom stereocenters. The minimum atomic E-state index is -0.364. The number of halogens is 1. The van der Waals surface area contributed by atoms with Gasteiger partial charge in [-0.15, -0.1) is 10.2 Å². The van der Waals surface area contributed by atoms with E-state index in [4.69, 9.17) is 14.2 Å². The molecule has 0 bridgehead atoms. The second kappa shape index (κ2) is 11.3. The molecule has 1 fully saturated rings. The van der Waals surface area contributed by atoms with Crippen LogP contribution in [0.1, 0.15) is 29.0 Å². The quantitative estimate of drug-likeness (QED) is 0.438. The first-order valence-corrected chi connectivity index (χ1v) is 12.0. The standard InChI is InChI=1S/C24H27FN4O4S/c1-31-20-10-9-16(14-21(20)32-2)23(30)26-12-11-22-27-28-24(34-15-17-6-5-13-33-17)29(22)19-8-4-3-7-18(19)25/h3-4,7-10,14,17H,5-6,11-13,15H2,1-2H3,(H,26,30)/t17-/m0/s1. The van der Waals surface area contributed by atoms with Crippen molar-refractivity contribution in [3.8, 4) is 17.2 Å². The number of methoxy groups -OCH3 is 2. The Morgan fingerprint density at radius 3 is 2.76 bits per heavy atom. The zero-order valence-corrected chi connectivity index (χ0v) is 19.9. The number of hydrogen-bond acceptors (Lipinski definition) is 7. The predicted octanol–water partition coefficient (Wildman–Crippen LogP) is 3.67. The van der Waals surface area contributed by atoms with E-state index >= 15 is 0 Å². The molecule has 3 aromatic rings. The highest BCUT2D eigenvalue weighted by Gasteiger charge is 2.21. The van der Waals surface area contributed by atoms with Crippen molar-refractivity contribution in [1.82, 2.24) is 20.1 Å². The SMILES string of the molecule is COc1ccc(C(=O)NCCc2nnc(SC[C@@H]3CCCO3)n2-c2ccccc2F)cc1OC. The van der Waals surface area contributed by atoms with Crippen LogP contribution in [0.15, 0.2) is 47.6 Å². The highest BCUT2D eigenvalue weighted by molar-refractivity contribution is 7.99. The molecule has 2 heterocycles. The molecule has 1 aliphatic rings. The van der Waals surface area contributed by atoms with Crippen molar-refractivity contribution in [2.24, 2.45) is 0 Å². The number of nitrogens with one attached hydrogen (secondary N) is 1. The van der Waals surface area contributed by atoms with Crippen LogP contribution in [0, 0.1) is 5.82 Å². The van der Waals surface area contributed by atoms with Crippen molar-refractivity contribution >= 4 is 17.7 Å². The van der Waals surface area contributed by atoms with Crippen molar-refractivity contribution in [3.05, 3.63) is 59.7 Å². The minimum Gasteiger partial charge on any atom is -0.493 e. The summed E-state index contributed by atoms with van der Waals surface area (Å²) in [6.45, 7) is 1.08. The topological polar surface area (TPSA) is 87.5 Å². The van der Waals surface area contributed by atoms with Crippen LogP contribution in [-0.2, 0) is 11.2 Å². The van der Waals surface area contributed by atoms with Crippen molar-refractivity contribution in [2.75, 3.05) is 33.1 Å². The normalized spacial score (nSPS) is 15.3. The Kier molecular flexibility index (Phi) is 8.02. The molecule has 2 aromatic carbocycles. The molecule has 1 amide bonds. The second-order valence-corrected chi connectivity index (χ2v) is 8.69. The van der Waals surface area contributed by atoms with Gasteiger partial charge < -0.3 is 19.5 Å². The highest BCUT2D eigenvalue weighted by atomic mass is 32.2. The van der Waals surface area contributed by atoms with Crippen LogP contribution in [0.25, 0.3) is 5.69 Å². The van der Waals surface area contributed by atoms with Gasteiger partial charge in [-0.1, -0.05) is 23.9 Å². The second-order valence-electron chi connectivity index (χ2n) is 7.71. The number of rotatable bonds is 10. The van der Waals surface area contributed by atoms with E-state index in [0.717, 1.165) is 25.2 Å². The Hall–Kier alpha value is -3.11. The number of aromatic nitrogens is 3. The Balaban J connectivity index is 1.47. The smallest absolute Gasteiger partial charge is 0.251 e. The zero-order chi connectivity index (χ0) is 23.9. The van der Waals surface area contributed by atoms with Gasteiger partial charge in [0.1, 0.15) is 11.6 Å². The number of thioether (sulfide) groups is 1. The van der Waals surface area contributed by atoms with Crippen molar-refractivity contribution in [3.63, 3.8) is 0 Å². The summed E-state index contributed by atoms with van der Waals surface area (Å²) in [5.41, 5.74) is 0.824. The first-order chi connectivity index (χ1) is 16.6. The van der Waals surface area contributed by atoms with E-state index in [1.54, 1.807) is 41.0 Å². The molecule has 0 radical (unpaired) electrons. The van der Waals surface area contributed by atoms with Gasteiger partial charge in [0.25, 0.3) is 5.91 Å². The zero-order valence-electron chi connectivity index (χ0n) is 19.1. The van der Waals surface area contributed by atoms with Crippen LogP contribution >= 0.6 is 11.8 Å². The van der Waals surface area contributed by atoms with Crippen LogP contribution in [0.4, 0.5) is 4.39 Å². The summed E-state index contributed by atoms with van der Waals surface area (Å²) in [5.74, 6) is 1.69. The summed E-state index contributed by atoms with van der Waals surface area (Å²) in [5, 5.41) is 12.1. The average Bonchev–Trinajstić information content (AvgIpc) is 3.52. The summed E-state index contributed by atoms with van der Waals surface area (Å²) in [6.07, 6.45) is 2.60. The van der Waals surface area contributed by atoms with Gasteiger partial charge in [0.15, 0.2) is 16.7 Å². The molecular formula is C24H27FN4O4S. The van der Waals surface area contributed by atoms with Gasteiger partial charge in [-0.3, -0.25) is 9.36 Å². The maximum atomic E-state index is 14.7. The van der Waals surface area contributed by atoms with E-state index in [1.807, 2.05) is 0 Å². The average molecular weight is 487 g/mol. The Morgan fingerprint density at radius 2 is 2.03 bits per heavy atom. The van der Waals surface area contributed by atoms with Gasteiger partial charge in [-0.2, -0.15) is 0 Å². The largest absolute Gasteiger partial charge is 0.493 e. The number of para-hydroxylation sites is 1. The molecule has 0 unspecified atom stereocenters. The maximum Gasteiger partial charge on any atom is 0.251 e. The van der Waals surface area contributed by atoms with E-state index in [0.29, 0.717) is 46.7 Å². The van der Waals surface area contributed by atoms with Gasteiger partial charge in [0.2, 0.25) is 0 Å². The number of carbonyl (C=O) groups is 1. The third kappa shape index (κ3) is 5.51. The third-order valence-corrected chi connectivity index (χ3v) is 6.56. The summed E-state index contributed by atoms with van der Waals surface area (Å²) < 4.78 is 32.6. The summed E-state index contributed by atoms with van der Waals surface area (Å²) in [4.78, 5) is 12.6. The van der Waals surface area contributed by atoms with E-state index in [-0.39, 0.29) is 17.8 Å². The molecule has 0 saturated carbocycles. The maximum absolute atomic E-state index is 14.7. The highest BCUT2D eigenvalue weighted by Crippen LogP contribution is 2.28. The Bertz CT molecular complexity index is 1130. The van der Waals surface area contributed by atoms with Gasteiger partial charge in [-0.05, 0) is 43.2 Å². The van der Waals surface area contributed by atoms with E-state index in [2.05, 4.69) is 15.5 Å². The first kappa shape index (κ1) is 24.0. The van der Waals surface area contributed by atoms with E-state index < -0.39 is 0 Å². The lowest BCUT2D eigenvalue weighted by atomic mass is 10.2. The summed E-state index contributed by atoms with van der Waals surface area (Å²) in [6, 6.07) is 11.5. The number of amides is 1. The van der Waals surface area contributed by atoms with Crippen molar-refractivity contribution < 1.29 is 23.4 Å². The molecule has 10 heteroatoms. The Labute approximate surface area is 201 Å². The molecule has 1 aromatic heterocycles. The molecular weight excluding hydrogens is 459 g/mol. The van der Waals surface area contributed by atoms with E-state index in [9.17, 15) is 9.18 Å². The fourth-order valence-corrected chi connectivity index (χ4v) is 4.77. The predicted molar refractivity (Wildman–Crippen MR) is 127 cm³/mol. The van der Waals surface area contributed by atoms with Crippen LogP contribution < -0.4 is 14.8 Å². The van der Waals surface area contributed by atoms with Crippen LogP contribution in [0.3, 0.4) is 0 Å². The lowest BCUT2D eigenvalue weighted by molar-refractivity contribution is 0.0953. The minimum absolute atomic E-state index is 0.167. The third-order valence-electron chi connectivity index (χ3n) is 5.50. The summed E-state index contributed by atoms with van der Waals surface area (Å²) >= 11 is 1.50. The molecule has 0 aliphatic carbocycles. The first-order valence-electron chi connectivity index (χ1n) is 11.0. The molecule has 34 heavy (non-hydrogen) atoms. The fraction of sp³-hybridized carbons (Fsp3) is 0.375. The number of benzene rings is 2. The number of hydrogen-bond donors (Lipinski definition) is 1. The molecule has 0 spiro atoms. The lowest BCUT2D eigenvalue weighted by Crippen LogP contribution is -2.26. The van der Waals surface area contributed by atoms with Crippen LogP contribution in [0.5, 0.6) is 11.5 Å². The van der Waals surface area contributed by atoms with Gasteiger partial charge in [-0.25, -0.2) is 4.39 Å². The van der Waals surface area contributed by atoms with Gasteiger partial charge >= 0.3 is 0 Å². The molecule has 1 aliphatic heterocycles. The van der Waals surface area contributed by atoms with Crippen LogP contribution in [-0.4, -0.2) is 59.9 Å². The molecule has 1 N–H and O–H groups in total. The molecule has 8 nitrogen and oxygen atoms in total. The molecule has 4 rings (SSSR count). The van der Waals surface area contributed by atoms with Gasteiger partial charge in [0.05, 0.1) is 26.0 Å². The van der Waals surface area contributed by atoms with Crippen molar-refractivity contribution in [1.29, 1.82) is 0 Å². The summed E-state index contributed by atoms with van der Waals surface area (Å²) in [7, 11) is 3.06. The van der Waals surface area contributed by atoms with E-state index in [1.165, 1.54) is 32.0 Å². The fourth-order valence-electron chi connectivity index (χ4n) is 3.74. The molecule has 1 saturated heterocycles. The Morgan fingerprint density at radius 1 is 1.21 bits per heavy atom. The molecule has 180 valence electrons. The van der Waals surface area contributed by atoms with Gasteiger partial charge in [0, 0.05) is 30.9 Å². The number of nitrogens with zero attached hydrogens (tertiary/aromatic N) is 3. The number of carbonyl (C=O) groups excluding carboxylic acids is 1. The van der Waals surface area contributed by atoms with Crippen LogP contribution in [0.2, 0.25) is 0 Å². The lowest BCUT2D eigenvalue weighted by Gasteiger charge is -2.13. The number of ether oxygens (including phenoxy) is 3.